The minimum atomic E-state index is -0.727. The molecule has 0 aliphatic rings. The zero-order valence-electron chi connectivity index (χ0n) is 12.7. The normalized spacial score (nSPS) is 12.3. The van der Waals surface area contributed by atoms with Gasteiger partial charge in [0.1, 0.15) is 5.60 Å². The van der Waals surface area contributed by atoms with E-state index in [2.05, 4.69) is 15.6 Å². The molecule has 0 heterocycles. The molecule has 2 N–H and O–H groups in total. The predicted molar refractivity (Wildman–Crippen MR) is 75.0 cm³/mol. The molecule has 0 unspecified atom stereocenters. The van der Waals surface area contributed by atoms with E-state index in [-0.39, 0.29) is 17.9 Å². The van der Waals surface area contributed by atoms with Crippen LogP contribution in [0.4, 0.5) is 4.79 Å². The largest absolute Gasteiger partial charge is 0.442 e. The maximum absolute atomic E-state index is 11.6. The smallest absolute Gasteiger partial charge is 0.437 e. The maximum atomic E-state index is 11.6. The summed E-state index contributed by atoms with van der Waals surface area (Å²) >= 11 is 0. The van der Waals surface area contributed by atoms with Crippen LogP contribution in [0.1, 0.15) is 54.4 Å². The van der Waals surface area contributed by atoms with E-state index in [1.165, 1.54) is 6.92 Å². The van der Waals surface area contributed by atoms with E-state index in [1.54, 1.807) is 20.8 Å². The Labute approximate surface area is 115 Å². The first-order valence-corrected chi connectivity index (χ1v) is 6.53. The van der Waals surface area contributed by atoms with E-state index in [1.807, 2.05) is 13.8 Å². The summed E-state index contributed by atoms with van der Waals surface area (Å²) in [5.74, 6) is -0.156. The molecule has 19 heavy (non-hydrogen) atoms. The Morgan fingerprint density at radius 2 is 1.74 bits per heavy atom. The summed E-state index contributed by atoms with van der Waals surface area (Å²) in [6.45, 7) is 10.7. The van der Waals surface area contributed by atoms with Crippen molar-refractivity contribution in [3.05, 3.63) is 0 Å². The van der Waals surface area contributed by atoms with Crippen molar-refractivity contribution in [1.29, 1.82) is 0 Å². The van der Waals surface area contributed by atoms with E-state index in [0.29, 0.717) is 0 Å². The zero-order valence-corrected chi connectivity index (χ0v) is 12.7. The standard InChI is InChI=1S/C13H25N3O3/c1-7-10(8-2)15-11(14-9(3)17)16-12(18)19-13(4,5)6/h10H,7-8H2,1-6H3,(H2,14,15,16,17,18). The Bertz CT molecular complexity index is 342. The van der Waals surface area contributed by atoms with Gasteiger partial charge in [0.05, 0.1) is 0 Å². The lowest BCUT2D eigenvalue weighted by Crippen LogP contribution is -2.45. The first kappa shape index (κ1) is 17.4. The number of guanidine groups is 1. The number of carbonyl (C=O) groups is 2. The molecule has 2 amide bonds. The van der Waals surface area contributed by atoms with Crippen molar-refractivity contribution in [2.75, 3.05) is 0 Å². The summed E-state index contributed by atoms with van der Waals surface area (Å²) in [6.07, 6.45) is 1.00. The fraction of sp³-hybridized carbons (Fsp3) is 0.769. The number of hydrogen-bond donors (Lipinski definition) is 2. The van der Waals surface area contributed by atoms with E-state index >= 15 is 0 Å². The molecule has 6 heteroatoms. The van der Waals surface area contributed by atoms with Gasteiger partial charge in [0, 0.05) is 13.0 Å². The summed E-state index contributed by atoms with van der Waals surface area (Å²) in [5, 5.41) is 5.51. The van der Waals surface area contributed by atoms with Gasteiger partial charge in [0.2, 0.25) is 11.9 Å². The van der Waals surface area contributed by atoms with Crippen LogP contribution in [0.3, 0.4) is 0 Å². The SMILES string of the molecule is CCC(CC)N/C(=N\C(=O)OC(C)(C)C)NC(C)=O. The highest BCUT2D eigenvalue weighted by molar-refractivity contribution is 6.00. The van der Waals surface area contributed by atoms with Crippen molar-refractivity contribution in [3.63, 3.8) is 0 Å². The van der Waals surface area contributed by atoms with Crippen LogP contribution in [0.25, 0.3) is 0 Å². The van der Waals surface area contributed by atoms with Crippen LogP contribution in [0.2, 0.25) is 0 Å². The van der Waals surface area contributed by atoms with Crippen LogP contribution in [-0.4, -0.2) is 29.6 Å². The molecular weight excluding hydrogens is 246 g/mol. The molecular formula is C13H25N3O3. The van der Waals surface area contributed by atoms with Gasteiger partial charge >= 0.3 is 6.09 Å². The van der Waals surface area contributed by atoms with Gasteiger partial charge in [-0.25, -0.2) is 4.79 Å². The average Bonchev–Trinajstić information content (AvgIpc) is 2.21. The second kappa shape index (κ2) is 7.76. The lowest BCUT2D eigenvalue weighted by molar-refractivity contribution is -0.117. The summed E-state index contributed by atoms with van der Waals surface area (Å²) in [6, 6.07) is 0.146. The Kier molecular flexibility index (Phi) is 7.11. The van der Waals surface area contributed by atoms with Crippen LogP contribution >= 0.6 is 0 Å². The van der Waals surface area contributed by atoms with Crippen molar-refractivity contribution < 1.29 is 14.3 Å². The van der Waals surface area contributed by atoms with E-state index in [4.69, 9.17) is 4.74 Å². The summed E-state index contributed by atoms with van der Waals surface area (Å²) < 4.78 is 5.08. The highest BCUT2D eigenvalue weighted by Crippen LogP contribution is 2.08. The van der Waals surface area contributed by atoms with Crippen molar-refractivity contribution in [3.8, 4) is 0 Å². The maximum Gasteiger partial charge on any atom is 0.437 e. The second-order valence-electron chi connectivity index (χ2n) is 5.28. The number of aliphatic imine (C=N–C) groups is 1. The molecule has 0 aliphatic heterocycles. The molecule has 0 radical (unpaired) electrons. The van der Waals surface area contributed by atoms with Crippen LogP contribution in [-0.2, 0) is 9.53 Å². The van der Waals surface area contributed by atoms with E-state index in [9.17, 15) is 9.59 Å². The number of rotatable bonds is 3. The Hall–Kier alpha value is -1.59. The van der Waals surface area contributed by atoms with Gasteiger partial charge in [-0.1, -0.05) is 13.8 Å². The van der Waals surface area contributed by atoms with Crippen LogP contribution in [0, 0.1) is 0 Å². The summed E-state index contributed by atoms with van der Waals surface area (Å²) in [7, 11) is 0. The Balaban J connectivity index is 4.82. The van der Waals surface area contributed by atoms with Gasteiger partial charge in [-0.15, -0.1) is 4.99 Å². The Morgan fingerprint density at radius 3 is 2.11 bits per heavy atom. The molecule has 0 saturated carbocycles. The molecule has 0 aromatic heterocycles. The third kappa shape index (κ3) is 9.04. The number of amides is 2. The monoisotopic (exact) mass is 271 g/mol. The van der Waals surface area contributed by atoms with Gasteiger partial charge in [-0.3, -0.25) is 10.1 Å². The quantitative estimate of drug-likeness (QED) is 0.609. The van der Waals surface area contributed by atoms with Gasteiger partial charge in [-0.2, -0.15) is 0 Å². The molecule has 0 aliphatic carbocycles. The fourth-order valence-corrected chi connectivity index (χ4v) is 1.33. The summed E-state index contributed by atoms with van der Waals surface area (Å²) in [5.41, 5.74) is -0.614. The first-order chi connectivity index (χ1) is 8.67. The third-order valence-electron chi connectivity index (χ3n) is 2.22. The molecule has 0 aromatic rings. The molecule has 0 rings (SSSR count). The van der Waals surface area contributed by atoms with Crippen molar-refractivity contribution in [2.24, 2.45) is 4.99 Å². The molecule has 0 atom stereocenters. The minimum Gasteiger partial charge on any atom is -0.442 e. The van der Waals surface area contributed by atoms with Crippen molar-refractivity contribution in [2.45, 2.75) is 66.0 Å². The number of nitrogens with one attached hydrogen (secondary N) is 2. The second-order valence-corrected chi connectivity index (χ2v) is 5.28. The summed E-state index contributed by atoms with van der Waals surface area (Å²) in [4.78, 5) is 26.5. The third-order valence-corrected chi connectivity index (χ3v) is 2.22. The number of carbonyl (C=O) groups excluding carboxylic acids is 2. The molecule has 110 valence electrons. The van der Waals surface area contributed by atoms with Gasteiger partial charge in [0.15, 0.2) is 0 Å². The average molecular weight is 271 g/mol. The first-order valence-electron chi connectivity index (χ1n) is 6.53. The highest BCUT2D eigenvalue weighted by atomic mass is 16.6. The van der Waals surface area contributed by atoms with Gasteiger partial charge < -0.3 is 10.1 Å². The highest BCUT2D eigenvalue weighted by Gasteiger charge is 2.17. The predicted octanol–water partition coefficient (Wildman–Crippen LogP) is 2.19. The Morgan fingerprint density at radius 1 is 1.21 bits per heavy atom. The van der Waals surface area contributed by atoms with Gasteiger partial charge in [-0.05, 0) is 33.6 Å². The van der Waals surface area contributed by atoms with E-state index in [0.717, 1.165) is 12.8 Å². The molecule has 0 saturated heterocycles. The number of ether oxygens (including phenoxy) is 1. The molecule has 0 fully saturated rings. The fourth-order valence-electron chi connectivity index (χ4n) is 1.33. The van der Waals surface area contributed by atoms with Crippen LogP contribution in [0.5, 0.6) is 0 Å². The van der Waals surface area contributed by atoms with Gasteiger partial charge in [0.25, 0.3) is 0 Å². The minimum absolute atomic E-state index is 0.135. The lowest BCUT2D eigenvalue weighted by atomic mass is 10.2. The molecule has 0 aromatic carbocycles. The lowest BCUT2D eigenvalue weighted by Gasteiger charge is -2.20. The number of nitrogens with zero attached hydrogens (tertiary/aromatic N) is 1. The van der Waals surface area contributed by atoms with E-state index < -0.39 is 11.7 Å². The topological polar surface area (TPSA) is 79.8 Å². The zero-order chi connectivity index (χ0) is 15.1. The van der Waals surface area contributed by atoms with Crippen LogP contribution in [0.15, 0.2) is 4.99 Å². The molecule has 6 nitrogen and oxygen atoms in total. The van der Waals surface area contributed by atoms with Crippen molar-refractivity contribution in [1.82, 2.24) is 10.6 Å². The van der Waals surface area contributed by atoms with Crippen LogP contribution < -0.4 is 10.6 Å². The number of hydrogen-bond acceptors (Lipinski definition) is 3. The van der Waals surface area contributed by atoms with Crippen molar-refractivity contribution >= 4 is 18.0 Å². The molecule has 0 spiro atoms. The molecule has 0 bridgehead atoms.